The fourth-order valence-electron chi connectivity index (χ4n) is 1.80. The van der Waals surface area contributed by atoms with Gasteiger partial charge in [0.15, 0.2) is 0 Å². The largest absolute Gasteiger partial charge is 0.497 e. The topological polar surface area (TPSA) is 95.4 Å². The van der Waals surface area contributed by atoms with Crippen LogP contribution in [0.4, 0.5) is 0 Å². The van der Waals surface area contributed by atoms with Gasteiger partial charge in [0.25, 0.3) is 0 Å². The number of aliphatic hydroxyl groups is 1. The van der Waals surface area contributed by atoms with Gasteiger partial charge < -0.3 is 20.3 Å². The first-order valence-electron chi connectivity index (χ1n) is 6.27. The second kappa shape index (κ2) is 6.88. The number of nitrogens with two attached hydrogens (primary N) is 1. The number of aliphatic hydroxyl groups excluding tert-OH is 1. The van der Waals surface area contributed by atoms with E-state index in [1.807, 2.05) is 18.2 Å². The molecular weight excluding hydrogens is 260 g/mol. The summed E-state index contributed by atoms with van der Waals surface area (Å²) in [5.74, 6) is 1.41. The van der Waals surface area contributed by atoms with Gasteiger partial charge in [-0.1, -0.05) is 11.3 Å². The Morgan fingerprint density at radius 2 is 2.15 bits per heavy atom. The number of hydrogen-bond acceptors (Lipinski definition) is 6. The van der Waals surface area contributed by atoms with Crippen LogP contribution in [0.15, 0.2) is 24.3 Å². The van der Waals surface area contributed by atoms with Gasteiger partial charge in [-0.25, -0.2) is 4.68 Å². The van der Waals surface area contributed by atoms with Gasteiger partial charge in [-0.2, -0.15) is 0 Å². The van der Waals surface area contributed by atoms with Crippen molar-refractivity contribution in [3.8, 4) is 11.5 Å². The number of rotatable bonds is 7. The Hall–Kier alpha value is -2.12. The van der Waals surface area contributed by atoms with Crippen molar-refractivity contribution in [3.05, 3.63) is 35.7 Å². The fourth-order valence-corrected chi connectivity index (χ4v) is 1.80. The Morgan fingerprint density at radius 1 is 1.35 bits per heavy atom. The minimum Gasteiger partial charge on any atom is -0.497 e. The van der Waals surface area contributed by atoms with Crippen LogP contribution in [0, 0.1) is 0 Å². The van der Waals surface area contributed by atoms with E-state index in [9.17, 15) is 0 Å². The van der Waals surface area contributed by atoms with Gasteiger partial charge >= 0.3 is 0 Å². The van der Waals surface area contributed by atoms with Crippen molar-refractivity contribution >= 4 is 0 Å². The van der Waals surface area contributed by atoms with Crippen LogP contribution in [0.3, 0.4) is 0 Å². The second-order valence-corrected chi connectivity index (χ2v) is 4.10. The molecule has 1 aromatic heterocycles. The summed E-state index contributed by atoms with van der Waals surface area (Å²) < 4.78 is 12.4. The second-order valence-electron chi connectivity index (χ2n) is 4.10. The number of nitrogens with zero attached hydrogens (tertiary/aromatic N) is 3. The molecule has 0 saturated heterocycles. The molecule has 0 saturated carbocycles. The third-order valence-corrected chi connectivity index (χ3v) is 2.84. The van der Waals surface area contributed by atoms with Crippen LogP contribution in [0.2, 0.25) is 0 Å². The van der Waals surface area contributed by atoms with Crippen molar-refractivity contribution < 1.29 is 14.6 Å². The van der Waals surface area contributed by atoms with E-state index < -0.39 is 0 Å². The monoisotopic (exact) mass is 278 g/mol. The summed E-state index contributed by atoms with van der Waals surface area (Å²) in [6.07, 6.45) is 0. The van der Waals surface area contributed by atoms with E-state index >= 15 is 0 Å². The smallest absolute Gasteiger partial charge is 0.132 e. The molecule has 0 atom stereocenters. The average Bonchev–Trinajstić information content (AvgIpc) is 2.88. The van der Waals surface area contributed by atoms with Gasteiger partial charge in [-0.3, -0.25) is 0 Å². The minimum atomic E-state index is -0.0144. The molecular formula is C13H18N4O3. The SMILES string of the molecule is COc1cccc(OCc2c(CN)nnn2CCO)c1. The Morgan fingerprint density at radius 3 is 2.85 bits per heavy atom. The van der Waals surface area contributed by atoms with E-state index in [0.29, 0.717) is 18.0 Å². The van der Waals surface area contributed by atoms with E-state index in [1.54, 1.807) is 17.9 Å². The number of ether oxygens (including phenoxy) is 2. The summed E-state index contributed by atoms with van der Waals surface area (Å²) in [5.41, 5.74) is 7.06. The summed E-state index contributed by atoms with van der Waals surface area (Å²) in [5, 5.41) is 16.9. The Kier molecular flexibility index (Phi) is 4.91. The van der Waals surface area contributed by atoms with E-state index in [-0.39, 0.29) is 19.8 Å². The molecule has 0 amide bonds. The minimum absolute atomic E-state index is 0.0144. The Bertz CT molecular complexity index is 556. The highest BCUT2D eigenvalue weighted by molar-refractivity contribution is 5.33. The molecule has 0 radical (unpaired) electrons. The standard InChI is InChI=1S/C13H18N4O3/c1-19-10-3-2-4-11(7-10)20-9-13-12(8-14)15-16-17(13)5-6-18/h2-4,7,18H,5-6,8-9,14H2,1H3. The highest BCUT2D eigenvalue weighted by atomic mass is 16.5. The van der Waals surface area contributed by atoms with Crippen LogP contribution in [0.1, 0.15) is 11.4 Å². The van der Waals surface area contributed by atoms with Crippen LogP contribution in [0.25, 0.3) is 0 Å². The third kappa shape index (κ3) is 3.25. The molecule has 7 nitrogen and oxygen atoms in total. The zero-order chi connectivity index (χ0) is 14.4. The lowest BCUT2D eigenvalue weighted by molar-refractivity contribution is 0.251. The van der Waals surface area contributed by atoms with Crippen molar-refractivity contribution in [1.29, 1.82) is 0 Å². The molecule has 0 aliphatic carbocycles. The highest BCUT2D eigenvalue weighted by Gasteiger charge is 2.12. The first kappa shape index (κ1) is 14.3. The van der Waals surface area contributed by atoms with Gasteiger partial charge in [0.1, 0.15) is 29.5 Å². The van der Waals surface area contributed by atoms with Gasteiger partial charge in [0.2, 0.25) is 0 Å². The van der Waals surface area contributed by atoms with Crippen LogP contribution >= 0.6 is 0 Å². The normalized spacial score (nSPS) is 10.6. The zero-order valence-electron chi connectivity index (χ0n) is 11.3. The summed E-state index contributed by atoms with van der Waals surface area (Å²) in [6.45, 7) is 0.915. The maximum Gasteiger partial charge on any atom is 0.132 e. The maximum atomic E-state index is 9.00. The van der Waals surface area contributed by atoms with Crippen LogP contribution in [-0.2, 0) is 19.7 Å². The van der Waals surface area contributed by atoms with Gasteiger partial charge in [0, 0.05) is 12.6 Å². The van der Waals surface area contributed by atoms with Gasteiger partial charge in [0.05, 0.1) is 20.3 Å². The predicted molar refractivity (Wildman–Crippen MR) is 72.3 cm³/mol. The molecule has 0 fully saturated rings. The van der Waals surface area contributed by atoms with E-state index in [0.717, 1.165) is 11.4 Å². The molecule has 3 N–H and O–H groups in total. The maximum absolute atomic E-state index is 9.00. The van der Waals surface area contributed by atoms with Crippen molar-refractivity contribution in [2.24, 2.45) is 5.73 Å². The number of benzene rings is 1. The fraction of sp³-hybridized carbons (Fsp3) is 0.385. The first-order valence-corrected chi connectivity index (χ1v) is 6.27. The van der Waals surface area contributed by atoms with Crippen molar-refractivity contribution in [3.63, 3.8) is 0 Å². The molecule has 1 aromatic carbocycles. The van der Waals surface area contributed by atoms with E-state index in [4.69, 9.17) is 20.3 Å². The van der Waals surface area contributed by atoms with Crippen LogP contribution in [0.5, 0.6) is 11.5 Å². The third-order valence-electron chi connectivity index (χ3n) is 2.84. The van der Waals surface area contributed by atoms with Crippen molar-refractivity contribution in [2.75, 3.05) is 13.7 Å². The van der Waals surface area contributed by atoms with Gasteiger partial charge in [-0.05, 0) is 12.1 Å². The summed E-state index contributed by atoms with van der Waals surface area (Å²) in [4.78, 5) is 0. The van der Waals surface area contributed by atoms with Gasteiger partial charge in [-0.15, -0.1) is 5.10 Å². The molecule has 2 rings (SSSR count). The molecule has 108 valence electrons. The number of methoxy groups -OCH3 is 1. The quantitative estimate of drug-likeness (QED) is 0.757. The van der Waals surface area contributed by atoms with Crippen LogP contribution in [-0.4, -0.2) is 33.8 Å². The summed E-state index contributed by atoms with van der Waals surface area (Å²) in [6, 6.07) is 7.32. The first-order chi connectivity index (χ1) is 9.78. The lowest BCUT2D eigenvalue weighted by Crippen LogP contribution is -2.12. The lowest BCUT2D eigenvalue weighted by Gasteiger charge is -2.09. The highest BCUT2D eigenvalue weighted by Crippen LogP contribution is 2.20. The average molecular weight is 278 g/mol. The Labute approximate surface area is 116 Å². The molecule has 0 aliphatic rings. The molecule has 1 heterocycles. The summed E-state index contributed by atoms with van der Waals surface area (Å²) in [7, 11) is 1.60. The predicted octanol–water partition coefficient (Wildman–Crippen LogP) is 0.317. The molecule has 0 unspecified atom stereocenters. The number of hydrogen-bond donors (Lipinski definition) is 2. The lowest BCUT2D eigenvalue weighted by atomic mass is 10.3. The molecule has 0 bridgehead atoms. The zero-order valence-corrected chi connectivity index (χ0v) is 11.3. The summed E-state index contributed by atoms with van der Waals surface area (Å²) >= 11 is 0. The van der Waals surface area contributed by atoms with Crippen LogP contribution < -0.4 is 15.2 Å². The van der Waals surface area contributed by atoms with E-state index in [2.05, 4.69) is 10.3 Å². The Balaban J connectivity index is 2.11. The molecule has 0 spiro atoms. The van der Waals surface area contributed by atoms with Crippen molar-refractivity contribution in [1.82, 2.24) is 15.0 Å². The molecule has 2 aromatic rings. The molecule has 20 heavy (non-hydrogen) atoms. The van der Waals surface area contributed by atoms with E-state index in [1.165, 1.54) is 0 Å². The number of aromatic nitrogens is 3. The molecule has 7 heteroatoms. The van der Waals surface area contributed by atoms with Crippen molar-refractivity contribution in [2.45, 2.75) is 19.7 Å². The molecule has 0 aliphatic heterocycles.